The number of fused-ring (bicyclic) bond motifs is 1. The fourth-order valence-electron chi connectivity index (χ4n) is 7.50. The number of nitrogens with zero attached hydrogens (tertiary/aromatic N) is 1. The van der Waals surface area contributed by atoms with Gasteiger partial charge in [0.05, 0.1) is 4.91 Å². The lowest BCUT2D eigenvalue weighted by atomic mass is 9.48. The van der Waals surface area contributed by atoms with Gasteiger partial charge < -0.3 is 9.73 Å². The number of thiocarbonyl (C=S) groups is 1. The average molecular weight is 487 g/mol. The lowest BCUT2D eigenvalue weighted by molar-refractivity contribution is -0.115. The van der Waals surface area contributed by atoms with E-state index in [1.54, 1.807) is 0 Å². The van der Waals surface area contributed by atoms with Crippen LogP contribution in [0.4, 0.5) is 0 Å². The molecule has 2 aromatic carbocycles. The summed E-state index contributed by atoms with van der Waals surface area (Å²) in [7, 11) is 0. The molecule has 4 saturated carbocycles. The van der Waals surface area contributed by atoms with Gasteiger partial charge in [-0.1, -0.05) is 42.2 Å². The van der Waals surface area contributed by atoms with Gasteiger partial charge in [0.2, 0.25) is 0 Å². The third-order valence-electron chi connectivity index (χ3n) is 8.39. The first-order valence-electron chi connectivity index (χ1n) is 12.2. The van der Waals surface area contributed by atoms with E-state index in [-0.39, 0.29) is 5.91 Å². The van der Waals surface area contributed by atoms with Crippen molar-refractivity contribution in [2.75, 3.05) is 0 Å². The van der Waals surface area contributed by atoms with E-state index >= 15 is 0 Å². The van der Waals surface area contributed by atoms with Crippen LogP contribution in [-0.2, 0) is 10.2 Å². The molecule has 34 heavy (non-hydrogen) atoms. The molecule has 4 bridgehead atoms. The molecule has 1 amide bonds. The molecule has 0 unspecified atom stereocenters. The fourth-order valence-corrected chi connectivity index (χ4v) is 8.54. The lowest BCUT2D eigenvalue weighted by Gasteiger charge is -2.57. The van der Waals surface area contributed by atoms with Crippen LogP contribution in [0.5, 0.6) is 0 Å². The number of carbonyl (C=O) groups is 1. The van der Waals surface area contributed by atoms with Crippen LogP contribution < -0.4 is 5.32 Å². The van der Waals surface area contributed by atoms with Crippen molar-refractivity contribution in [2.45, 2.75) is 50.9 Å². The highest BCUT2D eigenvalue weighted by atomic mass is 32.2. The Kier molecular flexibility index (Phi) is 4.63. The van der Waals surface area contributed by atoms with E-state index < -0.39 is 0 Å². The van der Waals surface area contributed by atoms with Crippen LogP contribution in [0, 0.1) is 24.7 Å². The lowest BCUT2D eigenvalue weighted by Crippen LogP contribution is -2.48. The number of rotatable bonds is 3. The molecule has 1 aromatic heterocycles. The van der Waals surface area contributed by atoms with Gasteiger partial charge in [-0.3, -0.25) is 4.79 Å². The highest BCUT2D eigenvalue weighted by Crippen LogP contribution is 2.61. The van der Waals surface area contributed by atoms with Crippen molar-refractivity contribution >= 4 is 51.4 Å². The summed E-state index contributed by atoms with van der Waals surface area (Å²) in [5, 5.41) is 2.69. The first kappa shape index (κ1) is 20.9. The summed E-state index contributed by atoms with van der Waals surface area (Å²) in [5.74, 6) is 3.24. The van der Waals surface area contributed by atoms with Crippen molar-refractivity contribution in [3.63, 3.8) is 0 Å². The summed E-state index contributed by atoms with van der Waals surface area (Å²) in [6.45, 7) is 1.92. The molecule has 3 aromatic rings. The van der Waals surface area contributed by atoms with Crippen LogP contribution in [0.3, 0.4) is 0 Å². The molecule has 2 heterocycles. The predicted molar refractivity (Wildman–Crippen MR) is 140 cm³/mol. The number of hydrogen-bond donors (Lipinski definition) is 1. The number of benzene rings is 2. The standard InChI is InChI=1S/C28H26N2O2S2/c1-15-29-23-11-21(28-12-17-5-18(13-28)7-19(6-17)14-28)10-22(25(23)32-15)20-4-2-3-16(8-20)9-24-26(31)30-27(33)34-24/h2-4,8-11,17-19H,5-7,12-14H2,1H3,(H,30,31,33)/b24-9+. The van der Waals surface area contributed by atoms with Crippen LogP contribution in [0.15, 0.2) is 45.7 Å². The highest BCUT2D eigenvalue weighted by Gasteiger charge is 2.51. The SMILES string of the molecule is Cc1nc2cc(C34CC5CC(CC(C5)C3)C4)cc(-c3cccc(/C=C4/SC(=S)NC4=O)c3)c2o1. The van der Waals surface area contributed by atoms with Gasteiger partial charge in [-0.2, -0.15) is 0 Å². The maximum Gasteiger partial charge on any atom is 0.263 e. The van der Waals surface area contributed by atoms with Crippen molar-refractivity contribution in [2.24, 2.45) is 17.8 Å². The molecule has 5 fully saturated rings. The zero-order valence-electron chi connectivity index (χ0n) is 19.1. The van der Waals surface area contributed by atoms with Gasteiger partial charge >= 0.3 is 0 Å². The highest BCUT2D eigenvalue weighted by molar-refractivity contribution is 8.26. The van der Waals surface area contributed by atoms with E-state index in [9.17, 15) is 4.79 Å². The molecule has 4 nitrogen and oxygen atoms in total. The summed E-state index contributed by atoms with van der Waals surface area (Å²) < 4.78 is 6.63. The molecule has 0 radical (unpaired) electrons. The van der Waals surface area contributed by atoms with E-state index in [4.69, 9.17) is 21.6 Å². The van der Waals surface area contributed by atoms with Crippen LogP contribution >= 0.6 is 24.0 Å². The molecule has 0 atom stereocenters. The first-order chi connectivity index (χ1) is 16.4. The van der Waals surface area contributed by atoms with Gasteiger partial charge in [-0.15, -0.1) is 0 Å². The molecule has 8 rings (SSSR count). The maximum absolute atomic E-state index is 12.2. The minimum absolute atomic E-state index is 0.127. The van der Waals surface area contributed by atoms with E-state index in [0.29, 0.717) is 20.5 Å². The monoisotopic (exact) mass is 486 g/mol. The van der Waals surface area contributed by atoms with Gasteiger partial charge in [0.25, 0.3) is 5.91 Å². The smallest absolute Gasteiger partial charge is 0.263 e. The number of aromatic nitrogens is 1. The molecule has 1 aliphatic heterocycles. The maximum atomic E-state index is 12.2. The zero-order chi connectivity index (χ0) is 23.0. The quantitative estimate of drug-likeness (QED) is 0.327. The van der Waals surface area contributed by atoms with Crippen molar-refractivity contribution < 1.29 is 9.21 Å². The Balaban J connectivity index is 1.35. The van der Waals surface area contributed by atoms with Gasteiger partial charge in [0, 0.05) is 12.5 Å². The summed E-state index contributed by atoms with van der Waals surface area (Å²) in [4.78, 5) is 17.6. The number of aryl methyl sites for hydroxylation is 1. The first-order valence-corrected chi connectivity index (χ1v) is 13.4. The molecule has 1 N–H and O–H groups in total. The largest absolute Gasteiger partial charge is 0.440 e. The second-order valence-corrected chi connectivity index (χ2v) is 12.5. The van der Waals surface area contributed by atoms with Gasteiger partial charge in [-0.05, 0) is 103 Å². The van der Waals surface area contributed by atoms with Crippen LogP contribution in [-0.4, -0.2) is 15.2 Å². The molecule has 4 aliphatic carbocycles. The van der Waals surface area contributed by atoms with Gasteiger partial charge in [0.15, 0.2) is 11.5 Å². The third kappa shape index (κ3) is 3.37. The Morgan fingerprint density at radius 1 is 1.12 bits per heavy atom. The minimum Gasteiger partial charge on any atom is -0.440 e. The van der Waals surface area contributed by atoms with Crippen molar-refractivity contribution in [3.05, 3.63) is 58.3 Å². The number of nitrogens with one attached hydrogen (secondary N) is 1. The Morgan fingerprint density at radius 2 is 1.85 bits per heavy atom. The summed E-state index contributed by atoms with van der Waals surface area (Å²) in [6, 6.07) is 13.0. The number of carbonyl (C=O) groups excluding carboxylic acids is 1. The van der Waals surface area contributed by atoms with Crippen LogP contribution in [0.25, 0.3) is 28.3 Å². The van der Waals surface area contributed by atoms with Gasteiger partial charge in [-0.25, -0.2) is 4.98 Å². The fraction of sp³-hybridized carbons (Fsp3) is 0.393. The molecule has 172 valence electrons. The van der Waals surface area contributed by atoms with Crippen molar-refractivity contribution in [1.82, 2.24) is 10.3 Å². The van der Waals surface area contributed by atoms with Crippen molar-refractivity contribution in [1.29, 1.82) is 0 Å². The number of thioether (sulfide) groups is 1. The van der Waals surface area contributed by atoms with Crippen LogP contribution in [0.2, 0.25) is 0 Å². The third-order valence-corrected chi connectivity index (χ3v) is 9.55. The zero-order valence-corrected chi connectivity index (χ0v) is 20.7. The Labute approximate surface area is 208 Å². The normalized spacial score (nSPS) is 31.1. The second kappa shape index (κ2) is 7.53. The minimum atomic E-state index is -0.127. The van der Waals surface area contributed by atoms with E-state index in [1.807, 2.05) is 25.1 Å². The molecule has 6 heteroatoms. The van der Waals surface area contributed by atoms with E-state index in [1.165, 1.54) is 55.9 Å². The Morgan fingerprint density at radius 3 is 2.53 bits per heavy atom. The van der Waals surface area contributed by atoms with Crippen molar-refractivity contribution in [3.8, 4) is 11.1 Å². The molecular formula is C28H26N2O2S2. The molecule has 0 spiro atoms. The number of amides is 1. The van der Waals surface area contributed by atoms with Gasteiger partial charge in [0.1, 0.15) is 9.84 Å². The average Bonchev–Trinajstić information content (AvgIpc) is 3.32. The van der Waals surface area contributed by atoms with E-state index in [2.05, 4.69) is 29.6 Å². The topological polar surface area (TPSA) is 55.1 Å². The number of oxazole rings is 1. The number of hydrogen-bond acceptors (Lipinski definition) is 5. The van der Waals surface area contributed by atoms with E-state index in [0.717, 1.165) is 45.5 Å². The predicted octanol–water partition coefficient (Wildman–Crippen LogP) is 6.76. The molecule has 5 aliphatic rings. The molecule has 1 saturated heterocycles. The Hall–Kier alpha value is -2.44. The Bertz CT molecular complexity index is 1370. The summed E-state index contributed by atoms with van der Waals surface area (Å²) in [6.07, 6.45) is 10.2. The summed E-state index contributed by atoms with van der Waals surface area (Å²) in [5.41, 5.74) is 6.71. The summed E-state index contributed by atoms with van der Waals surface area (Å²) >= 11 is 6.45. The van der Waals surface area contributed by atoms with Crippen LogP contribution in [0.1, 0.15) is 55.5 Å². The second-order valence-electron chi connectivity index (χ2n) is 10.8. The molecular weight excluding hydrogens is 460 g/mol.